The van der Waals surface area contributed by atoms with Crippen molar-refractivity contribution >= 4 is 34.6 Å². The van der Waals surface area contributed by atoms with Crippen LogP contribution >= 0.6 is 23.5 Å². The number of hydrogen-bond donors (Lipinski definition) is 0. The Labute approximate surface area is 160 Å². The van der Waals surface area contributed by atoms with Gasteiger partial charge in [-0.1, -0.05) is 42.5 Å². The molecular weight excluding hydrogens is 358 g/mol. The second-order valence-corrected chi connectivity index (χ2v) is 8.36. The maximum atomic E-state index is 4.86. The maximum absolute atomic E-state index is 4.86. The molecule has 128 valence electrons. The lowest BCUT2D eigenvalue weighted by atomic mass is 10.2. The van der Waals surface area contributed by atoms with Crippen LogP contribution in [0.25, 0.3) is 11.0 Å². The highest BCUT2D eigenvalue weighted by molar-refractivity contribution is 8.01. The highest BCUT2D eigenvalue weighted by Gasteiger charge is 2.17. The Morgan fingerprint density at radius 2 is 1.27 bits per heavy atom. The van der Waals surface area contributed by atoms with Crippen LogP contribution in [0.2, 0.25) is 0 Å². The lowest BCUT2D eigenvalue weighted by Gasteiger charge is -2.13. The number of rotatable bonds is 2. The Bertz CT molecular complexity index is 1010. The molecule has 0 saturated carbocycles. The van der Waals surface area contributed by atoms with Gasteiger partial charge in [0.05, 0.1) is 22.4 Å². The van der Waals surface area contributed by atoms with Crippen LogP contribution in [0.15, 0.2) is 76.8 Å². The van der Waals surface area contributed by atoms with Gasteiger partial charge >= 0.3 is 0 Å². The molecule has 0 N–H and O–H groups in total. The van der Waals surface area contributed by atoms with Gasteiger partial charge in [-0.3, -0.25) is 0 Å². The number of para-hydroxylation sites is 2. The number of hydrogen-bond acceptors (Lipinski definition) is 4. The minimum atomic E-state index is 0.871. The molecule has 0 bridgehead atoms. The molecule has 0 unspecified atom stereocenters. The fourth-order valence-electron chi connectivity index (χ4n) is 3.16. The van der Waals surface area contributed by atoms with E-state index in [1.807, 2.05) is 47.8 Å². The number of nitrogens with zero attached hydrogens (tertiary/aromatic N) is 3. The van der Waals surface area contributed by atoms with Crippen LogP contribution in [0.1, 0.15) is 17.0 Å². The van der Waals surface area contributed by atoms with Gasteiger partial charge in [0.2, 0.25) is 0 Å². The van der Waals surface area contributed by atoms with Gasteiger partial charge in [-0.2, -0.15) is 0 Å². The molecule has 0 saturated heterocycles. The summed E-state index contributed by atoms with van der Waals surface area (Å²) in [6, 6.07) is 18.7. The van der Waals surface area contributed by atoms with Gasteiger partial charge in [0.15, 0.2) is 0 Å². The van der Waals surface area contributed by atoms with Crippen LogP contribution < -0.4 is 0 Å². The summed E-state index contributed by atoms with van der Waals surface area (Å²) in [5.74, 6) is 1.74. The average Bonchev–Trinajstić information content (AvgIpc) is 3.04. The Morgan fingerprint density at radius 3 is 1.85 bits per heavy atom. The lowest BCUT2D eigenvalue weighted by Crippen LogP contribution is -2.01. The minimum Gasteiger partial charge on any atom is -0.348 e. The fourth-order valence-corrected chi connectivity index (χ4v) is 5.37. The third-order valence-corrected chi connectivity index (χ3v) is 6.71. The van der Waals surface area contributed by atoms with E-state index in [2.05, 4.69) is 47.3 Å². The molecule has 0 aliphatic carbocycles. The molecule has 0 atom stereocenters. The van der Waals surface area contributed by atoms with Crippen molar-refractivity contribution in [1.82, 2.24) is 14.5 Å². The van der Waals surface area contributed by atoms with E-state index in [-0.39, 0.29) is 0 Å². The van der Waals surface area contributed by atoms with Crippen LogP contribution in [0, 0.1) is 0 Å². The van der Waals surface area contributed by atoms with Gasteiger partial charge in [0.1, 0.15) is 0 Å². The molecule has 4 aromatic rings. The van der Waals surface area contributed by atoms with E-state index in [9.17, 15) is 0 Å². The third-order valence-electron chi connectivity index (χ3n) is 4.47. The first-order valence-corrected chi connectivity index (χ1v) is 10.6. The quantitative estimate of drug-likeness (QED) is 0.471. The van der Waals surface area contributed by atoms with Crippen molar-refractivity contribution in [2.24, 2.45) is 0 Å². The van der Waals surface area contributed by atoms with E-state index in [1.54, 1.807) is 0 Å². The predicted octanol–water partition coefficient (Wildman–Crippen LogP) is 5.38. The van der Waals surface area contributed by atoms with Crippen molar-refractivity contribution < 1.29 is 0 Å². The number of benzene rings is 2. The largest absolute Gasteiger partial charge is 0.348 e. The Morgan fingerprint density at radius 1 is 0.731 bits per heavy atom. The Balaban J connectivity index is 1.44. The Hall–Kier alpha value is -2.24. The van der Waals surface area contributed by atoms with Crippen molar-refractivity contribution in [3.63, 3.8) is 0 Å². The van der Waals surface area contributed by atoms with Gasteiger partial charge in [-0.05, 0) is 17.7 Å². The van der Waals surface area contributed by atoms with Gasteiger partial charge < -0.3 is 4.57 Å². The summed E-state index contributed by atoms with van der Waals surface area (Å²) in [7, 11) is 0. The molecule has 0 fully saturated rings. The van der Waals surface area contributed by atoms with Gasteiger partial charge in [-0.15, -0.1) is 23.5 Å². The molecule has 1 aliphatic rings. The second-order valence-electron chi connectivity index (χ2n) is 6.33. The van der Waals surface area contributed by atoms with Crippen LogP contribution in [-0.2, 0) is 18.1 Å². The van der Waals surface area contributed by atoms with Crippen LogP contribution in [0.4, 0.5) is 0 Å². The lowest BCUT2D eigenvalue weighted by molar-refractivity contribution is 0.799. The Kier molecular flexibility index (Phi) is 4.19. The highest BCUT2D eigenvalue weighted by atomic mass is 32.2. The summed E-state index contributed by atoms with van der Waals surface area (Å²) >= 11 is 3.72. The molecule has 0 amide bonds. The number of fused-ring (bicyclic) bond motifs is 3. The molecule has 26 heavy (non-hydrogen) atoms. The molecule has 5 rings (SSSR count). The van der Waals surface area contributed by atoms with Crippen LogP contribution in [0.5, 0.6) is 0 Å². The first kappa shape index (κ1) is 16.0. The smallest absolute Gasteiger partial charge is 0.0890 e. The van der Waals surface area contributed by atoms with Crippen molar-refractivity contribution in [1.29, 1.82) is 0 Å². The van der Waals surface area contributed by atoms with E-state index in [0.717, 1.165) is 40.5 Å². The molecule has 5 heteroatoms. The summed E-state index contributed by atoms with van der Waals surface area (Å²) < 4.78 is 2.29. The maximum Gasteiger partial charge on any atom is 0.0890 e. The summed E-state index contributed by atoms with van der Waals surface area (Å²) in [4.78, 5) is 12.4. The molecule has 3 heterocycles. The first-order chi connectivity index (χ1) is 12.8. The normalized spacial score (nSPS) is 13.7. The molecule has 2 aromatic carbocycles. The van der Waals surface area contributed by atoms with Gasteiger partial charge in [-0.25, -0.2) is 9.97 Å². The molecule has 1 aliphatic heterocycles. The topological polar surface area (TPSA) is 30.7 Å². The van der Waals surface area contributed by atoms with Crippen molar-refractivity contribution in [2.75, 3.05) is 0 Å². The molecule has 2 aromatic heterocycles. The molecular formula is C21H17N3S2. The van der Waals surface area contributed by atoms with E-state index >= 15 is 0 Å². The SMILES string of the molecule is c1ccc(Cn2cc3c(c2)SCc2nc4ccccc4nc2CS3)cc1. The highest BCUT2D eigenvalue weighted by Crippen LogP contribution is 2.38. The van der Waals surface area contributed by atoms with Crippen molar-refractivity contribution in [3.05, 3.63) is 83.9 Å². The van der Waals surface area contributed by atoms with E-state index in [0.29, 0.717) is 0 Å². The molecule has 3 nitrogen and oxygen atoms in total. The van der Waals surface area contributed by atoms with Crippen LogP contribution in [-0.4, -0.2) is 14.5 Å². The second kappa shape index (κ2) is 6.82. The summed E-state index contributed by atoms with van der Waals surface area (Å²) in [5.41, 5.74) is 5.52. The minimum absolute atomic E-state index is 0.871. The molecule has 0 radical (unpaired) electrons. The number of thioether (sulfide) groups is 2. The van der Waals surface area contributed by atoms with E-state index in [1.165, 1.54) is 15.4 Å². The summed E-state index contributed by atoms with van der Waals surface area (Å²) in [6.07, 6.45) is 4.53. The first-order valence-electron chi connectivity index (χ1n) is 8.59. The zero-order chi connectivity index (χ0) is 17.3. The van der Waals surface area contributed by atoms with Gasteiger partial charge in [0.25, 0.3) is 0 Å². The van der Waals surface area contributed by atoms with Crippen molar-refractivity contribution in [3.8, 4) is 0 Å². The fraction of sp³-hybridized carbons (Fsp3) is 0.143. The monoisotopic (exact) mass is 375 g/mol. The third kappa shape index (κ3) is 3.13. The summed E-state index contributed by atoms with van der Waals surface area (Å²) in [6.45, 7) is 0.905. The molecule has 0 spiro atoms. The van der Waals surface area contributed by atoms with Crippen molar-refractivity contribution in [2.45, 2.75) is 27.8 Å². The number of aromatic nitrogens is 3. The standard InChI is InChI=1S/C21H17N3S2/c1-2-6-15(7-3-1)10-24-11-20-21(12-24)26-14-19-18(13-25-20)22-16-8-4-5-9-17(16)23-19/h1-9,11-12H,10,13-14H2. The zero-order valence-electron chi connectivity index (χ0n) is 14.1. The van der Waals surface area contributed by atoms with E-state index < -0.39 is 0 Å². The van der Waals surface area contributed by atoms with Crippen LogP contribution in [0.3, 0.4) is 0 Å². The van der Waals surface area contributed by atoms with E-state index in [4.69, 9.17) is 9.97 Å². The summed E-state index contributed by atoms with van der Waals surface area (Å²) in [5, 5.41) is 0. The zero-order valence-corrected chi connectivity index (χ0v) is 15.8. The van der Waals surface area contributed by atoms with Gasteiger partial charge in [0, 0.05) is 40.2 Å². The predicted molar refractivity (Wildman–Crippen MR) is 109 cm³/mol. The average molecular weight is 376 g/mol.